The fraction of sp³-hybridized carbons (Fsp3) is 0.107. The summed E-state index contributed by atoms with van der Waals surface area (Å²) in [6.07, 6.45) is 1.65. The summed E-state index contributed by atoms with van der Waals surface area (Å²) >= 11 is 0. The molecule has 2 amide bonds. The maximum atomic E-state index is 13.1. The van der Waals surface area contributed by atoms with Gasteiger partial charge in [0.25, 0.3) is 5.56 Å². The quantitative estimate of drug-likeness (QED) is 0.350. The van der Waals surface area contributed by atoms with Gasteiger partial charge in [0.2, 0.25) is 0 Å². The third kappa shape index (κ3) is 6.03. The van der Waals surface area contributed by atoms with Gasteiger partial charge in [-0.2, -0.15) is 0 Å². The van der Waals surface area contributed by atoms with Crippen LogP contribution in [-0.2, 0) is 17.8 Å². The van der Waals surface area contributed by atoms with Crippen molar-refractivity contribution in [3.63, 3.8) is 0 Å². The molecule has 0 aliphatic carbocycles. The van der Waals surface area contributed by atoms with Crippen LogP contribution in [0.5, 0.6) is 0 Å². The van der Waals surface area contributed by atoms with Crippen LogP contribution in [0, 0.1) is 6.92 Å². The Morgan fingerprint density at radius 2 is 1.60 bits per heavy atom. The molecule has 0 aliphatic rings. The lowest BCUT2D eigenvalue weighted by Crippen LogP contribution is -2.21. The molecular formula is C28H25N3O4. The molecule has 7 heteroatoms. The predicted octanol–water partition coefficient (Wildman–Crippen LogP) is 5.14. The summed E-state index contributed by atoms with van der Waals surface area (Å²) in [6.45, 7) is 2.25. The number of urea groups is 1. The fourth-order valence-corrected chi connectivity index (χ4v) is 3.82. The number of pyridine rings is 1. The Bertz CT molecular complexity index is 1420. The summed E-state index contributed by atoms with van der Waals surface area (Å²) < 4.78 is 1.59. The number of aromatic nitrogens is 1. The highest BCUT2D eigenvalue weighted by Crippen LogP contribution is 2.20. The molecule has 0 radical (unpaired) electrons. The lowest BCUT2D eigenvalue weighted by molar-refractivity contribution is -0.136. The minimum atomic E-state index is -0.896. The summed E-state index contributed by atoms with van der Waals surface area (Å²) in [5.41, 5.74) is 4.95. The minimum Gasteiger partial charge on any atom is -0.481 e. The topological polar surface area (TPSA) is 100 Å². The van der Waals surface area contributed by atoms with Crippen LogP contribution in [0.25, 0.3) is 11.1 Å². The molecule has 4 aromatic rings. The third-order valence-electron chi connectivity index (χ3n) is 5.57. The van der Waals surface area contributed by atoms with Crippen molar-refractivity contribution in [1.29, 1.82) is 0 Å². The summed E-state index contributed by atoms with van der Waals surface area (Å²) in [6, 6.07) is 25.0. The second-order valence-corrected chi connectivity index (χ2v) is 8.22. The molecule has 0 bridgehead atoms. The number of para-hydroxylation sites is 1. The zero-order chi connectivity index (χ0) is 24.8. The second-order valence-electron chi connectivity index (χ2n) is 8.22. The molecule has 7 nitrogen and oxygen atoms in total. The smallest absolute Gasteiger partial charge is 0.323 e. The van der Waals surface area contributed by atoms with Crippen molar-refractivity contribution in [3.05, 3.63) is 118 Å². The molecule has 0 unspecified atom stereocenters. The molecule has 1 aromatic heterocycles. The van der Waals surface area contributed by atoms with E-state index in [-0.39, 0.29) is 18.0 Å². The number of carbonyl (C=O) groups excluding carboxylic acids is 1. The molecule has 1 heterocycles. The Morgan fingerprint density at radius 1 is 0.857 bits per heavy atom. The van der Waals surface area contributed by atoms with Gasteiger partial charge in [-0.3, -0.25) is 9.59 Å². The summed E-state index contributed by atoms with van der Waals surface area (Å²) in [5.74, 6) is -0.896. The van der Waals surface area contributed by atoms with E-state index in [1.165, 1.54) is 0 Å². The number of nitrogens with one attached hydrogen (secondary N) is 2. The van der Waals surface area contributed by atoms with Crippen molar-refractivity contribution >= 4 is 23.4 Å². The Labute approximate surface area is 202 Å². The lowest BCUT2D eigenvalue weighted by atomic mass is 10.1. The van der Waals surface area contributed by atoms with Gasteiger partial charge < -0.3 is 20.3 Å². The summed E-state index contributed by atoms with van der Waals surface area (Å²) in [7, 11) is 0. The van der Waals surface area contributed by atoms with E-state index in [1.807, 2.05) is 37.3 Å². The van der Waals surface area contributed by atoms with E-state index >= 15 is 0 Å². The molecule has 0 atom stereocenters. The summed E-state index contributed by atoms with van der Waals surface area (Å²) in [4.78, 5) is 36.5. The molecule has 4 rings (SSSR count). The number of aliphatic carboxylic acids is 1. The van der Waals surface area contributed by atoms with Gasteiger partial charge in [0, 0.05) is 23.1 Å². The van der Waals surface area contributed by atoms with E-state index < -0.39 is 5.97 Å². The number of hydrogen-bond acceptors (Lipinski definition) is 3. The highest BCUT2D eigenvalue weighted by Gasteiger charge is 2.09. The van der Waals surface area contributed by atoms with Crippen LogP contribution in [0.15, 0.2) is 95.9 Å². The van der Waals surface area contributed by atoms with Crippen LogP contribution < -0.4 is 16.2 Å². The van der Waals surface area contributed by atoms with Crippen molar-refractivity contribution in [2.24, 2.45) is 0 Å². The summed E-state index contributed by atoms with van der Waals surface area (Å²) in [5, 5.41) is 14.6. The van der Waals surface area contributed by atoms with Crippen molar-refractivity contribution in [2.45, 2.75) is 19.9 Å². The lowest BCUT2D eigenvalue weighted by Gasteiger charge is -2.11. The van der Waals surface area contributed by atoms with E-state index in [0.29, 0.717) is 23.4 Å². The molecule has 176 valence electrons. The van der Waals surface area contributed by atoms with Gasteiger partial charge in [0.15, 0.2) is 0 Å². The van der Waals surface area contributed by atoms with Crippen LogP contribution in [0.3, 0.4) is 0 Å². The van der Waals surface area contributed by atoms with Crippen LogP contribution in [0.1, 0.15) is 16.7 Å². The molecule has 3 aromatic carbocycles. The Hall–Kier alpha value is -4.65. The minimum absolute atomic E-state index is 0.0634. The largest absolute Gasteiger partial charge is 0.481 e. The van der Waals surface area contributed by atoms with Gasteiger partial charge in [-0.05, 0) is 59.5 Å². The molecule has 35 heavy (non-hydrogen) atoms. The highest BCUT2D eigenvalue weighted by atomic mass is 16.4. The first-order valence-electron chi connectivity index (χ1n) is 11.1. The molecule has 0 fully saturated rings. The second kappa shape index (κ2) is 10.5. The zero-order valence-electron chi connectivity index (χ0n) is 19.2. The van der Waals surface area contributed by atoms with Gasteiger partial charge in [-0.1, -0.05) is 54.6 Å². The average Bonchev–Trinajstić information content (AvgIpc) is 2.82. The number of aryl methyl sites for hydroxylation is 1. The van der Waals surface area contributed by atoms with Gasteiger partial charge >= 0.3 is 12.0 Å². The van der Waals surface area contributed by atoms with Crippen molar-refractivity contribution in [1.82, 2.24) is 4.57 Å². The number of carboxylic acid groups (broad SMARTS) is 1. The zero-order valence-corrected chi connectivity index (χ0v) is 19.2. The number of anilines is 2. The SMILES string of the molecule is Cc1ccccc1NC(=O)Nc1ccc(-c2cccn(Cc3cccc(CC(=O)O)c3)c2=O)cc1. The van der Waals surface area contributed by atoms with Crippen molar-refractivity contribution < 1.29 is 14.7 Å². The van der Waals surface area contributed by atoms with Crippen molar-refractivity contribution in [3.8, 4) is 11.1 Å². The van der Waals surface area contributed by atoms with Gasteiger partial charge in [-0.25, -0.2) is 4.79 Å². The molecule has 0 saturated heterocycles. The van der Waals surface area contributed by atoms with Crippen LogP contribution in [0.4, 0.5) is 16.2 Å². The Kier molecular flexibility index (Phi) is 7.07. The number of benzene rings is 3. The van der Waals surface area contributed by atoms with Crippen LogP contribution >= 0.6 is 0 Å². The van der Waals surface area contributed by atoms with Crippen LogP contribution in [0.2, 0.25) is 0 Å². The standard InChI is InChI=1S/C28H25N3O4/c1-19-6-2-3-10-25(19)30-28(35)29-23-13-11-22(12-14-23)24-9-5-15-31(27(24)34)18-21-8-4-7-20(16-21)17-26(32)33/h2-16H,17-18H2,1H3,(H,32,33)(H2,29,30,35). The molecule has 3 N–H and O–H groups in total. The van der Waals surface area contributed by atoms with E-state index in [2.05, 4.69) is 10.6 Å². The number of amides is 2. The number of rotatable bonds is 7. The normalized spacial score (nSPS) is 10.5. The number of carboxylic acids is 1. The first-order chi connectivity index (χ1) is 16.9. The Morgan fingerprint density at radius 3 is 2.34 bits per heavy atom. The predicted molar refractivity (Wildman–Crippen MR) is 137 cm³/mol. The molecule has 0 saturated carbocycles. The highest BCUT2D eigenvalue weighted by molar-refractivity contribution is 6.00. The number of carbonyl (C=O) groups is 2. The van der Waals surface area contributed by atoms with E-state index in [9.17, 15) is 14.4 Å². The fourth-order valence-electron chi connectivity index (χ4n) is 3.82. The first kappa shape index (κ1) is 23.5. The maximum Gasteiger partial charge on any atom is 0.323 e. The number of nitrogens with zero attached hydrogens (tertiary/aromatic N) is 1. The third-order valence-corrected chi connectivity index (χ3v) is 5.57. The molecule has 0 spiro atoms. The number of hydrogen-bond donors (Lipinski definition) is 3. The van der Waals surface area contributed by atoms with Crippen LogP contribution in [-0.4, -0.2) is 21.7 Å². The van der Waals surface area contributed by atoms with Crippen molar-refractivity contribution in [2.75, 3.05) is 10.6 Å². The van der Waals surface area contributed by atoms with E-state index in [0.717, 1.165) is 22.4 Å². The maximum absolute atomic E-state index is 13.1. The Balaban J connectivity index is 1.47. The average molecular weight is 468 g/mol. The monoisotopic (exact) mass is 467 g/mol. The van der Waals surface area contributed by atoms with Gasteiger partial charge in [-0.15, -0.1) is 0 Å². The van der Waals surface area contributed by atoms with Gasteiger partial charge in [0.1, 0.15) is 0 Å². The van der Waals surface area contributed by atoms with Gasteiger partial charge in [0.05, 0.1) is 13.0 Å². The van der Waals surface area contributed by atoms with E-state index in [1.54, 1.807) is 65.4 Å². The van der Waals surface area contributed by atoms with E-state index in [4.69, 9.17) is 5.11 Å². The molecule has 0 aliphatic heterocycles. The molecular weight excluding hydrogens is 442 g/mol. The first-order valence-corrected chi connectivity index (χ1v) is 11.1.